The number of thiophene rings is 1. The number of benzene rings is 8. The summed E-state index contributed by atoms with van der Waals surface area (Å²) >= 11 is 1.88. The fraction of sp³-hybridized carbons (Fsp3) is 0. The van der Waals surface area contributed by atoms with Crippen molar-refractivity contribution in [3.8, 4) is 17.2 Å². The van der Waals surface area contributed by atoms with Crippen molar-refractivity contribution in [3.05, 3.63) is 158 Å². The zero-order valence-electron chi connectivity index (χ0n) is 28.2. The van der Waals surface area contributed by atoms with Crippen LogP contribution in [0, 0.1) is 0 Å². The molecule has 13 aromatic rings. The summed E-state index contributed by atoms with van der Waals surface area (Å²) in [5.41, 5.74) is 8.80. The van der Waals surface area contributed by atoms with Crippen molar-refractivity contribution in [2.24, 2.45) is 0 Å². The number of hydrogen-bond acceptors (Lipinski definition) is 3. The molecule has 0 saturated heterocycles. The summed E-state index contributed by atoms with van der Waals surface area (Å²) in [5, 5.41) is 13.5. The molecule has 5 heteroatoms. The second kappa shape index (κ2) is 9.94. The summed E-state index contributed by atoms with van der Waals surface area (Å²) in [6.45, 7) is 0. The number of para-hydroxylation sites is 1. The zero-order valence-corrected chi connectivity index (χ0v) is 29.0. The number of nitrogens with zero attached hydrogens (tertiary/aromatic N) is 4. The van der Waals surface area contributed by atoms with Gasteiger partial charge in [0.15, 0.2) is 0 Å². The second-order valence-electron chi connectivity index (χ2n) is 14.1. The van der Waals surface area contributed by atoms with Gasteiger partial charge < -0.3 is 4.40 Å². The van der Waals surface area contributed by atoms with Crippen LogP contribution in [0.3, 0.4) is 0 Å². The maximum Gasteiger partial charge on any atom is 0.235 e. The van der Waals surface area contributed by atoms with Gasteiger partial charge in [0.1, 0.15) is 0 Å². The van der Waals surface area contributed by atoms with Crippen LogP contribution in [-0.2, 0) is 0 Å². The van der Waals surface area contributed by atoms with Crippen LogP contribution in [0.25, 0.3) is 119 Å². The summed E-state index contributed by atoms with van der Waals surface area (Å²) in [7, 11) is 0. The first-order valence-corrected chi connectivity index (χ1v) is 18.8. The smallest absolute Gasteiger partial charge is 0.235 e. The first-order chi connectivity index (χ1) is 26.3. The Morgan fingerprint density at radius 1 is 0.415 bits per heavy atom. The number of rotatable bonds is 2. The normalized spacial score (nSPS) is 12.5. The van der Waals surface area contributed by atoms with E-state index in [0.29, 0.717) is 5.95 Å². The quantitative estimate of drug-likeness (QED) is 0.169. The molecule has 0 saturated carbocycles. The molecule has 0 aliphatic heterocycles. The molecule has 0 aliphatic rings. The average molecular weight is 691 g/mol. The number of hydrogen-bond donors (Lipinski definition) is 0. The maximum absolute atomic E-state index is 5.49. The molecular formula is C48H26N4S. The largest absolute Gasteiger partial charge is 0.308 e. The Kier molecular flexibility index (Phi) is 5.22. The molecule has 244 valence electrons. The molecule has 0 N–H and O–H groups in total. The molecule has 0 spiro atoms. The van der Waals surface area contributed by atoms with Crippen LogP contribution in [0.1, 0.15) is 0 Å². The van der Waals surface area contributed by atoms with Crippen LogP contribution in [0.15, 0.2) is 158 Å². The van der Waals surface area contributed by atoms with Crippen molar-refractivity contribution in [3.63, 3.8) is 0 Å². The van der Waals surface area contributed by atoms with Gasteiger partial charge in [0.2, 0.25) is 5.95 Å². The molecule has 0 bridgehead atoms. The van der Waals surface area contributed by atoms with Crippen molar-refractivity contribution in [1.82, 2.24) is 18.9 Å². The highest BCUT2D eigenvalue weighted by molar-refractivity contribution is 7.25. The second-order valence-corrected chi connectivity index (χ2v) is 15.2. The van der Waals surface area contributed by atoms with E-state index in [0.717, 1.165) is 38.6 Å². The van der Waals surface area contributed by atoms with E-state index in [2.05, 4.69) is 167 Å². The first kappa shape index (κ1) is 27.8. The Bertz CT molecular complexity index is 3680. The van der Waals surface area contributed by atoms with Gasteiger partial charge in [-0.3, -0.25) is 4.57 Å². The molecule has 0 atom stereocenters. The zero-order chi connectivity index (χ0) is 34.4. The van der Waals surface area contributed by atoms with Crippen LogP contribution in [-0.4, -0.2) is 18.9 Å². The molecule has 53 heavy (non-hydrogen) atoms. The fourth-order valence-corrected chi connectivity index (χ4v) is 10.4. The molecule has 0 unspecified atom stereocenters. The standard InChI is InChI=1S/C48H26N4S/c1-2-12-28(13-3-1)46-43-29-14-5-4-11-27(29)23-24-36(43)49-48(50-46)52-37-19-9-16-31-32-17-8-18-33-34-25-35-30-15-6-7-22-41(30)53-42(35)26-40(34)51(47(32)33)38-20-10-21-39(52)45(38)44(31)37/h1-26H. The molecule has 5 aromatic heterocycles. The average Bonchev–Trinajstić information content (AvgIpc) is 3.84. The molecule has 8 aromatic carbocycles. The van der Waals surface area contributed by atoms with E-state index < -0.39 is 0 Å². The first-order valence-electron chi connectivity index (χ1n) is 18.0. The molecule has 0 amide bonds. The Labute approximate surface area is 305 Å². The third-order valence-corrected chi connectivity index (χ3v) is 12.6. The molecule has 0 fully saturated rings. The lowest BCUT2D eigenvalue weighted by molar-refractivity contribution is 1.01. The van der Waals surface area contributed by atoms with Gasteiger partial charge in [-0.05, 0) is 58.6 Å². The van der Waals surface area contributed by atoms with E-state index >= 15 is 0 Å². The van der Waals surface area contributed by atoms with Crippen molar-refractivity contribution in [2.75, 3.05) is 0 Å². The van der Waals surface area contributed by atoms with Crippen molar-refractivity contribution in [1.29, 1.82) is 0 Å². The van der Waals surface area contributed by atoms with Gasteiger partial charge in [-0.15, -0.1) is 11.3 Å². The van der Waals surface area contributed by atoms with Gasteiger partial charge in [-0.2, -0.15) is 0 Å². The van der Waals surface area contributed by atoms with Gasteiger partial charge in [0.25, 0.3) is 0 Å². The monoisotopic (exact) mass is 690 g/mol. The SMILES string of the molecule is c1ccc(-c2nc(-n3c4cccc5c6cccc7c8cc9c(cc8n(c8cccc3c8c54)c67)sc3ccccc39)nc3ccc4ccccc4c23)cc1. The summed E-state index contributed by atoms with van der Waals surface area (Å²) in [6.07, 6.45) is 0. The van der Waals surface area contributed by atoms with Crippen LogP contribution in [0.2, 0.25) is 0 Å². The van der Waals surface area contributed by atoms with E-state index in [1.807, 2.05) is 11.3 Å². The summed E-state index contributed by atoms with van der Waals surface area (Å²) in [6, 6.07) is 57.3. The summed E-state index contributed by atoms with van der Waals surface area (Å²) < 4.78 is 7.45. The molecule has 0 aliphatic carbocycles. The fourth-order valence-electron chi connectivity index (χ4n) is 9.26. The topological polar surface area (TPSA) is 35.1 Å². The number of aromatic nitrogens is 4. The lowest BCUT2D eigenvalue weighted by atomic mass is 10.0. The van der Waals surface area contributed by atoms with Crippen LogP contribution in [0.5, 0.6) is 0 Å². The molecule has 5 heterocycles. The maximum atomic E-state index is 5.49. The van der Waals surface area contributed by atoms with Crippen LogP contribution in [0.4, 0.5) is 0 Å². The number of fused-ring (bicyclic) bond motifs is 11. The van der Waals surface area contributed by atoms with Crippen molar-refractivity contribution in [2.45, 2.75) is 0 Å². The molecule has 4 nitrogen and oxygen atoms in total. The predicted octanol–water partition coefficient (Wildman–Crippen LogP) is 13.1. The minimum absolute atomic E-state index is 0.671. The molecule has 13 rings (SSSR count). The van der Waals surface area contributed by atoms with Gasteiger partial charge in [-0.25, -0.2) is 9.97 Å². The Hall–Kier alpha value is -6.82. The molecule has 0 radical (unpaired) electrons. The minimum Gasteiger partial charge on any atom is -0.308 e. The lowest BCUT2D eigenvalue weighted by Crippen LogP contribution is -2.04. The highest BCUT2D eigenvalue weighted by Crippen LogP contribution is 2.46. The van der Waals surface area contributed by atoms with E-state index in [-0.39, 0.29) is 0 Å². The van der Waals surface area contributed by atoms with Crippen molar-refractivity contribution < 1.29 is 0 Å². The van der Waals surface area contributed by atoms with Crippen LogP contribution >= 0.6 is 11.3 Å². The van der Waals surface area contributed by atoms with Gasteiger partial charge >= 0.3 is 0 Å². The van der Waals surface area contributed by atoms with Gasteiger partial charge in [0.05, 0.1) is 38.8 Å². The minimum atomic E-state index is 0.671. The molecular weight excluding hydrogens is 665 g/mol. The van der Waals surface area contributed by atoms with E-state index in [1.54, 1.807) is 0 Å². The van der Waals surface area contributed by atoms with Gasteiger partial charge in [-0.1, -0.05) is 115 Å². The van der Waals surface area contributed by atoms with Gasteiger partial charge in [0, 0.05) is 58.1 Å². The summed E-state index contributed by atoms with van der Waals surface area (Å²) in [4.78, 5) is 10.9. The van der Waals surface area contributed by atoms with E-state index in [1.165, 1.54) is 74.4 Å². The third-order valence-electron chi connectivity index (χ3n) is 11.4. The lowest BCUT2D eigenvalue weighted by Gasteiger charge is -2.13. The Morgan fingerprint density at radius 3 is 2.02 bits per heavy atom. The van der Waals surface area contributed by atoms with E-state index in [4.69, 9.17) is 9.97 Å². The Balaban J connectivity index is 1.22. The highest BCUT2D eigenvalue weighted by Gasteiger charge is 2.24. The predicted molar refractivity (Wildman–Crippen MR) is 224 cm³/mol. The van der Waals surface area contributed by atoms with Crippen molar-refractivity contribution >= 4 is 113 Å². The Morgan fingerprint density at radius 2 is 1.11 bits per heavy atom. The third kappa shape index (κ3) is 3.54. The van der Waals surface area contributed by atoms with Crippen LogP contribution < -0.4 is 0 Å². The van der Waals surface area contributed by atoms with E-state index in [9.17, 15) is 0 Å². The summed E-state index contributed by atoms with van der Waals surface area (Å²) in [5.74, 6) is 0.671. The highest BCUT2D eigenvalue weighted by atomic mass is 32.1.